The van der Waals surface area contributed by atoms with Gasteiger partial charge in [-0.3, -0.25) is 4.79 Å². The van der Waals surface area contributed by atoms with Crippen LogP contribution in [0.4, 0.5) is 0 Å². The van der Waals surface area contributed by atoms with Gasteiger partial charge in [0.2, 0.25) is 5.76 Å². The molecule has 0 saturated heterocycles. The normalized spacial score (nSPS) is 16.2. The number of nitrogens with one attached hydrogen (secondary N) is 1. The third-order valence-corrected chi connectivity index (χ3v) is 4.27. The molecule has 1 aliphatic heterocycles. The van der Waals surface area contributed by atoms with Gasteiger partial charge in [-0.2, -0.15) is 10.9 Å². The number of carboxylic acid groups (broad SMARTS) is 1. The molecule has 94 valence electrons. The summed E-state index contributed by atoms with van der Waals surface area (Å²) in [6.07, 6.45) is 7.74. The van der Waals surface area contributed by atoms with Gasteiger partial charge in [0.25, 0.3) is 0 Å². The molecule has 0 fully saturated rings. The van der Waals surface area contributed by atoms with Gasteiger partial charge >= 0.3 is 5.97 Å². The molecule has 6 heteroatoms. The molecule has 3 N–H and O–H groups in total. The van der Waals surface area contributed by atoms with E-state index in [1.165, 1.54) is 6.20 Å². The van der Waals surface area contributed by atoms with E-state index in [0.29, 0.717) is 11.6 Å². The minimum atomic E-state index is -1.52. The molecule has 0 spiro atoms. The lowest BCUT2D eigenvalue weighted by Crippen LogP contribution is -2.04. The van der Waals surface area contributed by atoms with Crippen molar-refractivity contribution in [2.45, 2.75) is 4.90 Å². The third-order valence-electron chi connectivity index (χ3n) is 2.36. The number of carboxylic acids is 1. The molecule has 0 saturated carbocycles. The maximum Gasteiger partial charge on any atom is 0.371 e. The van der Waals surface area contributed by atoms with E-state index in [4.69, 9.17) is 10.2 Å². The number of H-pyrrole nitrogens is 1. The summed E-state index contributed by atoms with van der Waals surface area (Å²) in [7, 11) is -0.668. The molecule has 1 aromatic rings. The summed E-state index contributed by atoms with van der Waals surface area (Å²) < 4.78 is 0. The highest BCUT2D eigenvalue weighted by Gasteiger charge is 2.16. The van der Waals surface area contributed by atoms with Gasteiger partial charge in [0.15, 0.2) is 5.78 Å². The van der Waals surface area contributed by atoms with Gasteiger partial charge < -0.3 is 15.2 Å². The van der Waals surface area contributed by atoms with E-state index in [9.17, 15) is 9.59 Å². The predicted molar refractivity (Wildman–Crippen MR) is 69.0 cm³/mol. The summed E-state index contributed by atoms with van der Waals surface area (Å²) >= 11 is 0. The van der Waals surface area contributed by atoms with Crippen LogP contribution in [0.2, 0.25) is 0 Å². The molecule has 2 rings (SSSR count). The van der Waals surface area contributed by atoms with E-state index in [2.05, 4.69) is 4.98 Å². The Labute approximate surface area is 105 Å². The van der Waals surface area contributed by atoms with E-state index in [1.807, 2.05) is 23.0 Å². The number of carbonyl (C=O) groups is 2. The fraction of sp³-hybridized carbons (Fsp3) is 0. The van der Waals surface area contributed by atoms with Crippen LogP contribution in [0.25, 0.3) is 0 Å². The lowest BCUT2D eigenvalue weighted by atomic mass is 10.2. The van der Waals surface area contributed by atoms with Crippen LogP contribution in [0, 0.1) is 0 Å². The highest BCUT2D eigenvalue weighted by molar-refractivity contribution is 8.22. The van der Waals surface area contributed by atoms with Crippen LogP contribution < -0.4 is 0 Å². The van der Waals surface area contributed by atoms with Crippen molar-refractivity contribution >= 4 is 22.6 Å². The zero-order valence-electron chi connectivity index (χ0n) is 9.20. The molecule has 18 heavy (non-hydrogen) atoms. The number of allylic oxidation sites excluding steroid dienone is 3. The number of hydrogen-bond donors (Lipinski definition) is 4. The SMILES string of the molecule is O=C(O)C(O)=CC(=O)c1c[nH]cc1[SH]1C=CC=C1. The number of aromatic amines is 1. The summed E-state index contributed by atoms with van der Waals surface area (Å²) in [6.45, 7) is 0. The molecule has 1 aromatic heterocycles. The first-order valence-electron chi connectivity index (χ1n) is 5.08. The van der Waals surface area contributed by atoms with Gasteiger partial charge in [0.1, 0.15) is 0 Å². The van der Waals surface area contributed by atoms with E-state index in [0.717, 1.165) is 4.90 Å². The van der Waals surface area contributed by atoms with E-state index in [-0.39, 0.29) is 0 Å². The van der Waals surface area contributed by atoms with Crippen molar-refractivity contribution in [3.05, 3.63) is 52.8 Å². The maximum atomic E-state index is 11.8. The largest absolute Gasteiger partial charge is 0.502 e. The molecule has 2 heterocycles. The lowest BCUT2D eigenvalue weighted by Gasteiger charge is -2.09. The number of thiol groups is 1. The first-order chi connectivity index (χ1) is 8.59. The molecule has 0 atom stereocenters. The van der Waals surface area contributed by atoms with Crippen LogP contribution in [-0.4, -0.2) is 26.9 Å². The van der Waals surface area contributed by atoms with Crippen molar-refractivity contribution < 1.29 is 19.8 Å². The fourth-order valence-electron chi connectivity index (χ4n) is 1.53. The molecular formula is C12H11NO4S. The fourth-order valence-corrected chi connectivity index (χ4v) is 3.19. The van der Waals surface area contributed by atoms with Crippen molar-refractivity contribution in [1.82, 2.24) is 4.98 Å². The zero-order chi connectivity index (χ0) is 13.1. The topological polar surface area (TPSA) is 90.4 Å². The zero-order valence-corrected chi connectivity index (χ0v) is 10.1. The van der Waals surface area contributed by atoms with Crippen LogP contribution in [0.3, 0.4) is 0 Å². The molecule has 0 aromatic carbocycles. The van der Waals surface area contributed by atoms with E-state index < -0.39 is 28.4 Å². The average molecular weight is 265 g/mol. The highest BCUT2D eigenvalue weighted by Crippen LogP contribution is 2.43. The average Bonchev–Trinajstić information content (AvgIpc) is 2.99. The number of carbonyl (C=O) groups excluding carboxylic acids is 1. The molecule has 0 aliphatic carbocycles. The van der Waals surface area contributed by atoms with Crippen LogP contribution >= 0.6 is 10.9 Å². The molecule has 5 nitrogen and oxygen atoms in total. The van der Waals surface area contributed by atoms with E-state index >= 15 is 0 Å². The van der Waals surface area contributed by atoms with Gasteiger partial charge in [0.05, 0.1) is 5.56 Å². The Bertz CT molecular complexity index is 571. The quantitative estimate of drug-likeness (QED) is 0.290. The Kier molecular flexibility index (Phi) is 3.38. The summed E-state index contributed by atoms with van der Waals surface area (Å²) in [4.78, 5) is 25.9. The third kappa shape index (κ3) is 2.38. The molecule has 1 aliphatic rings. The monoisotopic (exact) mass is 265 g/mol. The molecular weight excluding hydrogens is 254 g/mol. The Morgan fingerprint density at radius 2 is 1.83 bits per heavy atom. The minimum absolute atomic E-state index is 0.380. The smallest absolute Gasteiger partial charge is 0.371 e. The maximum absolute atomic E-state index is 11.8. The molecule has 0 unspecified atom stereocenters. The Balaban J connectivity index is 2.29. The first-order valence-corrected chi connectivity index (χ1v) is 6.56. The number of ketones is 1. The van der Waals surface area contributed by atoms with Crippen molar-refractivity contribution in [1.29, 1.82) is 0 Å². The lowest BCUT2D eigenvalue weighted by molar-refractivity contribution is -0.135. The standard InChI is InChI=1S/C12H11NO4S/c14-9(5-10(15)12(16)17)8-6-13-7-11(8)18-3-1-2-4-18/h1-7,13,15,18H,(H,16,17). The second kappa shape index (κ2) is 4.97. The molecule has 0 amide bonds. The van der Waals surface area contributed by atoms with Crippen molar-refractivity contribution in [3.8, 4) is 0 Å². The van der Waals surface area contributed by atoms with Crippen LogP contribution in [0.1, 0.15) is 10.4 Å². The number of rotatable bonds is 4. The van der Waals surface area contributed by atoms with E-state index in [1.54, 1.807) is 6.20 Å². The molecule has 0 bridgehead atoms. The summed E-state index contributed by atoms with van der Waals surface area (Å²) in [5, 5.41) is 21.5. The number of aliphatic hydroxyl groups is 1. The summed E-state index contributed by atoms with van der Waals surface area (Å²) in [6, 6.07) is 0. The minimum Gasteiger partial charge on any atom is -0.502 e. The van der Waals surface area contributed by atoms with Crippen LogP contribution in [0.15, 0.2) is 52.1 Å². The Morgan fingerprint density at radius 3 is 2.44 bits per heavy atom. The Hall–Kier alpha value is -2.21. The number of hydrogen-bond acceptors (Lipinski definition) is 3. The van der Waals surface area contributed by atoms with Gasteiger partial charge in [0, 0.05) is 23.4 Å². The van der Waals surface area contributed by atoms with Gasteiger partial charge in [-0.15, -0.1) is 0 Å². The van der Waals surface area contributed by atoms with Crippen molar-refractivity contribution in [2.75, 3.05) is 0 Å². The number of aromatic nitrogens is 1. The summed E-state index contributed by atoms with van der Waals surface area (Å²) in [5.41, 5.74) is 0.380. The second-order valence-corrected chi connectivity index (χ2v) is 5.44. The van der Waals surface area contributed by atoms with Crippen LogP contribution in [-0.2, 0) is 4.79 Å². The van der Waals surface area contributed by atoms with Crippen molar-refractivity contribution in [2.24, 2.45) is 0 Å². The van der Waals surface area contributed by atoms with Crippen molar-refractivity contribution in [3.63, 3.8) is 0 Å². The summed E-state index contributed by atoms with van der Waals surface area (Å²) in [5.74, 6) is -3.01. The number of aliphatic hydroxyl groups excluding tert-OH is 1. The Morgan fingerprint density at radius 1 is 1.17 bits per heavy atom. The van der Waals surface area contributed by atoms with Crippen LogP contribution in [0.5, 0.6) is 0 Å². The van der Waals surface area contributed by atoms with Gasteiger partial charge in [-0.1, -0.05) is 12.2 Å². The predicted octanol–water partition coefficient (Wildman–Crippen LogP) is 2.12. The highest BCUT2D eigenvalue weighted by atomic mass is 32.2. The van der Waals surface area contributed by atoms with Gasteiger partial charge in [-0.05, 0) is 10.8 Å². The first kappa shape index (κ1) is 12.3. The second-order valence-electron chi connectivity index (χ2n) is 3.54. The number of aliphatic carboxylic acids is 1. The van der Waals surface area contributed by atoms with Gasteiger partial charge in [-0.25, -0.2) is 4.79 Å². The molecule has 0 radical (unpaired) electrons.